The van der Waals surface area contributed by atoms with Crippen LogP contribution in [0.3, 0.4) is 0 Å². The van der Waals surface area contributed by atoms with Crippen LogP contribution in [0.1, 0.15) is 18.6 Å². The Labute approximate surface area is 156 Å². The molecule has 2 aromatic rings. The van der Waals surface area contributed by atoms with Crippen LogP contribution in [0, 0.1) is 6.92 Å². The first kappa shape index (κ1) is 17.6. The molecule has 2 aliphatic heterocycles. The minimum Gasteiger partial charge on any atom is -0.481 e. The van der Waals surface area contributed by atoms with E-state index < -0.39 is 6.10 Å². The fourth-order valence-electron chi connectivity index (χ4n) is 3.19. The van der Waals surface area contributed by atoms with Gasteiger partial charge in [0.05, 0.1) is 6.54 Å². The van der Waals surface area contributed by atoms with Crippen LogP contribution in [-0.4, -0.2) is 64.9 Å². The van der Waals surface area contributed by atoms with Gasteiger partial charge in [0.2, 0.25) is 12.7 Å². The highest BCUT2D eigenvalue weighted by Crippen LogP contribution is 2.35. The molecule has 9 nitrogen and oxygen atoms in total. The fourth-order valence-corrected chi connectivity index (χ4v) is 3.19. The van der Waals surface area contributed by atoms with E-state index in [1.807, 2.05) is 4.90 Å². The first-order chi connectivity index (χ1) is 13.1. The lowest BCUT2D eigenvalue weighted by atomic mass is 10.2. The summed E-state index contributed by atoms with van der Waals surface area (Å²) in [4.78, 5) is 20.9. The molecule has 144 valence electrons. The van der Waals surface area contributed by atoms with E-state index in [-0.39, 0.29) is 12.7 Å². The third kappa shape index (κ3) is 3.97. The van der Waals surface area contributed by atoms with E-state index >= 15 is 0 Å². The number of amides is 1. The van der Waals surface area contributed by atoms with Crippen molar-refractivity contribution in [2.24, 2.45) is 0 Å². The molecule has 2 aliphatic rings. The van der Waals surface area contributed by atoms with Crippen molar-refractivity contribution in [2.75, 3.05) is 33.0 Å². The molecule has 0 saturated carbocycles. The Morgan fingerprint density at radius 1 is 1.22 bits per heavy atom. The minimum absolute atomic E-state index is 0.0253. The monoisotopic (exact) mass is 374 g/mol. The van der Waals surface area contributed by atoms with E-state index in [2.05, 4.69) is 15.0 Å². The Morgan fingerprint density at radius 3 is 2.74 bits per heavy atom. The van der Waals surface area contributed by atoms with Gasteiger partial charge in [-0.05, 0) is 19.1 Å². The van der Waals surface area contributed by atoms with Crippen molar-refractivity contribution in [3.63, 3.8) is 0 Å². The summed E-state index contributed by atoms with van der Waals surface area (Å²) >= 11 is 0. The van der Waals surface area contributed by atoms with Gasteiger partial charge in [0.15, 0.2) is 23.4 Å². The van der Waals surface area contributed by atoms with Gasteiger partial charge in [-0.1, -0.05) is 5.16 Å². The van der Waals surface area contributed by atoms with Crippen molar-refractivity contribution >= 4 is 5.91 Å². The van der Waals surface area contributed by atoms with Crippen LogP contribution in [0.15, 0.2) is 22.7 Å². The van der Waals surface area contributed by atoms with Crippen LogP contribution in [-0.2, 0) is 11.3 Å². The van der Waals surface area contributed by atoms with Crippen molar-refractivity contribution in [3.05, 3.63) is 29.9 Å². The van der Waals surface area contributed by atoms with E-state index in [9.17, 15) is 4.79 Å². The number of carbonyl (C=O) groups excluding carboxylic acids is 1. The predicted octanol–water partition coefficient (Wildman–Crippen LogP) is 1.22. The molecule has 0 bridgehead atoms. The standard InChI is InChI=1S/C18H22N4O5/c1-12(26-14-3-4-15-16(9-14)25-11-24-15)18(23)22-7-5-21(6-8-22)10-17-19-13(2)27-20-17/h3-4,9,12H,5-8,10-11H2,1-2H3. The number of hydrogen-bond donors (Lipinski definition) is 0. The number of aryl methyl sites for hydroxylation is 1. The van der Waals surface area contributed by atoms with Crippen LogP contribution in [0.25, 0.3) is 0 Å². The van der Waals surface area contributed by atoms with Gasteiger partial charge in [0.1, 0.15) is 5.75 Å². The van der Waals surface area contributed by atoms with Gasteiger partial charge in [0, 0.05) is 39.2 Å². The molecule has 0 N–H and O–H groups in total. The molecule has 3 heterocycles. The number of piperazine rings is 1. The molecule has 27 heavy (non-hydrogen) atoms. The molecule has 0 aliphatic carbocycles. The maximum atomic E-state index is 12.7. The summed E-state index contributed by atoms with van der Waals surface area (Å²) in [5.41, 5.74) is 0. The number of rotatable bonds is 5. The Balaban J connectivity index is 1.28. The van der Waals surface area contributed by atoms with Crippen LogP contribution in [0.2, 0.25) is 0 Å². The van der Waals surface area contributed by atoms with E-state index in [0.29, 0.717) is 48.6 Å². The summed E-state index contributed by atoms with van der Waals surface area (Å²) in [6, 6.07) is 5.31. The Kier molecular flexibility index (Phi) is 4.85. The average Bonchev–Trinajstić information content (AvgIpc) is 3.30. The normalized spacial score (nSPS) is 17.8. The van der Waals surface area contributed by atoms with E-state index in [0.717, 1.165) is 13.1 Å². The zero-order chi connectivity index (χ0) is 18.8. The van der Waals surface area contributed by atoms with Crippen molar-refractivity contribution < 1.29 is 23.5 Å². The number of ether oxygens (including phenoxy) is 3. The summed E-state index contributed by atoms with van der Waals surface area (Å²) in [7, 11) is 0. The first-order valence-electron chi connectivity index (χ1n) is 8.95. The van der Waals surface area contributed by atoms with Crippen LogP contribution < -0.4 is 14.2 Å². The van der Waals surface area contributed by atoms with Gasteiger partial charge >= 0.3 is 0 Å². The van der Waals surface area contributed by atoms with Crippen molar-refractivity contribution in [1.82, 2.24) is 19.9 Å². The van der Waals surface area contributed by atoms with Gasteiger partial charge in [-0.2, -0.15) is 4.98 Å². The molecule has 1 unspecified atom stereocenters. The second-order valence-corrected chi connectivity index (χ2v) is 6.61. The molecule has 4 rings (SSSR count). The van der Waals surface area contributed by atoms with E-state index in [1.54, 1.807) is 32.0 Å². The average molecular weight is 374 g/mol. The lowest BCUT2D eigenvalue weighted by molar-refractivity contribution is -0.139. The van der Waals surface area contributed by atoms with Crippen molar-refractivity contribution in [2.45, 2.75) is 26.5 Å². The van der Waals surface area contributed by atoms with Gasteiger partial charge in [0.25, 0.3) is 5.91 Å². The molecule has 1 aromatic heterocycles. The summed E-state index contributed by atoms with van der Waals surface area (Å²) in [5, 5.41) is 3.92. The molecular formula is C18H22N4O5. The molecule has 1 saturated heterocycles. The van der Waals surface area contributed by atoms with Crippen LogP contribution in [0.4, 0.5) is 0 Å². The topological polar surface area (TPSA) is 90.2 Å². The highest BCUT2D eigenvalue weighted by atomic mass is 16.7. The second-order valence-electron chi connectivity index (χ2n) is 6.61. The molecule has 1 amide bonds. The highest BCUT2D eigenvalue weighted by Gasteiger charge is 2.27. The second kappa shape index (κ2) is 7.43. The zero-order valence-electron chi connectivity index (χ0n) is 15.4. The number of benzene rings is 1. The quantitative estimate of drug-likeness (QED) is 0.772. The Morgan fingerprint density at radius 2 is 2.00 bits per heavy atom. The molecule has 9 heteroatoms. The number of aromatic nitrogens is 2. The lowest BCUT2D eigenvalue weighted by Crippen LogP contribution is -2.51. The number of hydrogen-bond acceptors (Lipinski definition) is 8. The molecule has 1 aromatic carbocycles. The predicted molar refractivity (Wildman–Crippen MR) is 93.5 cm³/mol. The van der Waals surface area contributed by atoms with E-state index in [4.69, 9.17) is 18.7 Å². The van der Waals surface area contributed by atoms with Crippen molar-refractivity contribution in [1.29, 1.82) is 0 Å². The highest BCUT2D eigenvalue weighted by molar-refractivity contribution is 5.81. The lowest BCUT2D eigenvalue weighted by Gasteiger charge is -2.35. The third-order valence-corrected chi connectivity index (χ3v) is 4.62. The van der Waals surface area contributed by atoms with Gasteiger partial charge in [-0.3, -0.25) is 9.69 Å². The van der Waals surface area contributed by atoms with Gasteiger partial charge in [-0.15, -0.1) is 0 Å². The third-order valence-electron chi connectivity index (χ3n) is 4.62. The number of carbonyl (C=O) groups is 1. The summed E-state index contributed by atoms with van der Waals surface area (Å²) < 4.78 is 21.4. The molecular weight excluding hydrogens is 352 g/mol. The first-order valence-corrected chi connectivity index (χ1v) is 8.95. The van der Waals surface area contributed by atoms with Crippen molar-refractivity contribution in [3.8, 4) is 17.2 Å². The summed E-state index contributed by atoms with van der Waals surface area (Å²) in [6.07, 6.45) is -0.572. The smallest absolute Gasteiger partial charge is 0.263 e. The Hall–Kier alpha value is -2.81. The summed E-state index contributed by atoms with van der Waals surface area (Å²) in [6.45, 7) is 7.18. The van der Waals surface area contributed by atoms with Crippen LogP contribution in [0.5, 0.6) is 17.2 Å². The van der Waals surface area contributed by atoms with Gasteiger partial charge < -0.3 is 23.6 Å². The van der Waals surface area contributed by atoms with Crippen LogP contribution >= 0.6 is 0 Å². The molecule has 1 fully saturated rings. The molecule has 0 radical (unpaired) electrons. The maximum absolute atomic E-state index is 12.7. The largest absolute Gasteiger partial charge is 0.481 e. The number of nitrogens with zero attached hydrogens (tertiary/aromatic N) is 4. The maximum Gasteiger partial charge on any atom is 0.263 e. The van der Waals surface area contributed by atoms with Gasteiger partial charge in [-0.25, -0.2) is 0 Å². The summed E-state index contributed by atoms with van der Waals surface area (Å²) in [5.74, 6) is 3.13. The Bertz CT molecular complexity index is 816. The minimum atomic E-state index is -0.572. The SMILES string of the molecule is Cc1nc(CN2CCN(C(=O)C(C)Oc3ccc4c(c3)OCO4)CC2)no1. The molecule has 1 atom stereocenters. The zero-order valence-corrected chi connectivity index (χ0v) is 15.4. The fraction of sp³-hybridized carbons (Fsp3) is 0.500. The number of fused-ring (bicyclic) bond motifs is 1. The molecule has 0 spiro atoms. The van der Waals surface area contributed by atoms with E-state index in [1.165, 1.54) is 0 Å².